The summed E-state index contributed by atoms with van der Waals surface area (Å²) in [6.45, 7) is 5.03. The summed E-state index contributed by atoms with van der Waals surface area (Å²) in [5.74, 6) is -0.0863. The second-order valence-corrected chi connectivity index (χ2v) is 6.70. The van der Waals surface area contributed by atoms with E-state index in [9.17, 15) is 13.2 Å². The van der Waals surface area contributed by atoms with Gasteiger partial charge >= 0.3 is 0 Å². The number of aryl methyl sites for hydroxylation is 1. The Labute approximate surface area is 119 Å². The van der Waals surface area contributed by atoms with Crippen LogP contribution in [0, 0.1) is 0 Å². The standard InChI is InChI=1S/C13H18ClNO3S/c1-4-11-6-8-12(9-7-11)15(10(3)13(14)16)19(17,18)5-2/h6-10H,4-5H2,1-3H3. The van der Waals surface area contributed by atoms with Crippen molar-refractivity contribution in [2.75, 3.05) is 10.1 Å². The zero-order chi connectivity index (χ0) is 14.6. The number of carbonyl (C=O) groups is 1. The lowest BCUT2D eigenvalue weighted by Gasteiger charge is -2.27. The molecule has 106 valence electrons. The Morgan fingerprint density at radius 3 is 2.16 bits per heavy atom. The van der Waals surface area contributed by atoms with Gasteiger partial charge in [-0.2, -0.15) is 0 Å². The molecule has 1 rings (SSSR count). The normalized spacial score (nSPS) is 13.1. The number of nitrogens with zero attached hydrogens (tertiary/aromatic N) is 1. The van der Waals surface area contributed by atoms with Crippen LogP contribution in [0.2, 0.25) is 0 Å². The number of carbonyl (C=O) groups excluding carboxylic acids is 1. The van der Waals surface area contributed by atoms with Gasteiger partial charge in [0.05, 0.1) is 11.4 Å². The van der Waals surface area contributed by atoms with E-state index in [1.807, 2.05) is 19.1 Å². The molecule has 0 aliphatic rings. The number of hydrogen-bond acceptors (Lipinski definition) is 3. The number of sulfonamides is 1. The first-order valence-electron chi connectivity index (χ1n) is 6.13. The molecular weight excluding hydrogens is 286 g/mol. The van der Waals surface area contributed by atoms with Crippen LogP contribution < -0.4 is 4.31 Å². The Bertz CT molecular complexity index is 540. The van der Waals surface area contributed by atoms with Gasteiger partial charge in [-0.3, -0.25) is 9.10 Å². The van der Waals surface area contributed by atoms with Gasteiger partial charge in [-0.25, -0.2) is 8.42 Å². The summed E-state index contributed by atoms with van der Waals surface area (Å²) in [6, 6.07) is 6.17. The number of hydrogen-bond donors (Lipinski definition) is 0. The molecule has 0 N–H and O–H groups in total. The summed E-state index contributed by atoms with van der Waals surface area (Å²) >= 11 is 5.45. The lowest BCUT2D eigenvalue weighted by molar-refractivity contribution is -0.112. The molecule has 4 nitrogen and oxygen atoms in total. The zero-order valence-electron chi connectivity index (χ0n) is 11.3. The van der Waals surface area contributed by atoms with E-state index in [2.05, 4.69) is 0 Å². The van der Waals surface area contributed by atoms with Crippen molar-refractivity contribution in [1.29, 1.82) is 0 Å². The van der Waals surface area contributed by atoms with E-state index in [1.165, 1.54) is 13.8 Å². The minimum atomic E-state index is -3.55. The highest BCUT2D eigenvalue weighted by molar-refractivity contribution is 7.92. The molecule has 1 aromatic rings. The van der Waals surface area contributed by atoms with Crippen LogP contribution in [0.25, 0.3) is 0 Å². The van der Waals surface area contributed by atoms with Crippen molar-refractivity contribution in [2.45, 2.75) is 33.2 Å². The summed E-state index contributed by atoms with van der Waals surface area (Å²) in [6.07, 6.45) is 0.866. The van der Waals surface area contributed by atoms with E-state index in [-0.39, 0.29) is 5.75 Å². The van der Waals surface area contributed by atoms with E-state index in [0.29, 0.717) is 5.69 Å². The Balaban J connectivity index is 3.27. The molecule has 0 spiro atoms. The van der Waals surface area contributed by atoms with Crippen LogP contribution in [0.5, 0.6) is 0 Å². The average molecular weight is 304 g/mol. The van der Waals surface area contributed by atoms with Crippen molar-refractivity contribution in [2.24, 2.45) is 0 Å². The topological polar surface area (TPSA) is 54.5 Å². The molecule has 1 unspecified atom stereocenters. The predicted molar refractivity (Wildman–Crippen MR) is 78.1 cm³/mol. The highest BCUT2D eigenvalue weighted by atomic mass is 35.5. The van der Waals surface area contributed by atoms with Gasteiger partial charge in [-0.1, -0.05) is 19.1 Å². The van der Waals surface area contributed by atoms with Gasteiger partial charge in [-0.05, 0) is 49.6 Å². The summed E-state index contributed by atoms with van der Waals surface area (Å²) in [4.78, 5) is 11.3. The van der Waals surface area contributed by atoms with Crippen LogP contribution in [0.1, 0.15) is 26.3 Å². The molecule has 0 aliphatic heterocycles. The second-order valence-electron chi connectivity index (χ2n) is 4.20. The Hall–Kier alpha value is -1.07. The van der Waals surface area contributed by atoms with Crippen molar-refractivity contribution in [3.05, 3.63) is 29.8 Å². The van der Waals surface area contributed by atoms with Gasteiger partial charge in [0.2, 0.25) is 15.3 Å². The molecule has 1 aromatic carbocycles. The molecule has 0 fully saturated rings. The van der Waals surface area contributed by atoms with E-state index in [1.54, 1.807) is 12.1 Å². The molecule has 19 heavy (non-hydrogen) atoms. The Morgan fingerprint density at radius 1 is 1.26 bits per heavy atom. The van der Waals surface area contributed by atoms with Crippen molar-refractivity contribution in [1.82, 2.24) is 0 Å². The predicted octanol–water partition coefficient (Wildman–Crippen LogP) is 2.56. The molecule has 0 saturated heterocycles. The fourth-order valence-electron chi connectivity index (χ4n) is 1.73. The van der Waals surface area contributed by atoms with Gasteiger partial charge in [-0.15, -0.1) is 0 Å². The first-order valence-corrected chi connectivity index (χ1v) is 8.12. The lowest BCUT2D eigenvalue weighted by atomic mass is 10.1. The average Bonchev–Trinajstić information content (AvgIpc) is 2.39. The Morgan fingerprint density at radius 2 is 1.79 bits per heavy atom. The highest BCUT2D eigenvalue weighted by Gasteiger charge is 2.29. The third-order valence-corrected chi connectivity index (χ3v) is 5.12. The number of benzene rings is 1. The first-order chi connectivity index (χ1) is 8.83. The summed E-state index contributed by atoms with van der Waals surface area (Å²) < 4.78 is 25.3. The molecule has 0 aliphatic carbocycles. The fourth-order valence-corrected chi connectivity index (χ4v) is 3.19. The maximum Gasteiger partial charge on any atom is 0.245 e. The maximum absolute atomic E-state index is 12.1. The molecular formula is C13H18ClNO3S. The summed E-state index contributed by atoms with van der Waals surface area (Å²) in [5, 5.41) is -0.698. The zero-order valence-corrected chi connectivity index (χ0v) is 12.8. The van der Waals surface area contributed by atoms with Crippen LogP contribution in [0.15, 0.2) is 24.3 Å². The maximum atomic E-state index is 12.1. The number of halogens is 1. The van der Waals surface area contributed by atoms with Gasteiger partial charge in [0.1, 0.15) is 6.04 Å². The van der Waals surface area contributed by atoms with E-state index in [4.69, 9.17) is 11.6 Å². The van der Waals surface area contributed by atoms with E-state index < -0.39 is 21.3 Å². The molecule has 0 heterocycles. The number of rotatable bonds is 6. The van der Waals surface area contributed by atoms with Crippen molar-refractivity contribution >= 4 is 32.6 Å². The van der Waals surface area contributed by atoms with E-state index >= 15 is 0 Å². The minimum absolute atomic E-state index is 0.0863. The monoisotopic (exact) mass is 303 g/mol. The smallest absolute Gasteiger partial charge is 0.245 e. The quantitative estimate of drug-likeness (QED) is 0.759. The van der Waals surface area contributed by atoms with Crippen LogP contribution in [0.4, 0.5) is 5.69 Å². The fraction of sp³-hybridized carbons (Fsp3) is 0.462. The minimum Gasteiger partial charge on any atom is -0.279 e. The molecule has 1 atom stereocenters. The SMILES string of the molecule is CCc1ccc(N(C(C)C(=O)Cl)S(=O)(=O)CC)cc1. The second kappa shape index (κ2) is 6.39. The van der Waals surface area contributed by atoms with Crippen LogP contribution >= 0.6 is 11.6 Å². The van der Waals surface area contributed by atoms with Crippen molar-refractivity contribution in [3.63, 3.8) is 0 Å². The molecule has 0 amide bonds. The lowest BCUT2D eigenvalue weighted by Crippen LogP contribution is -2.42. The van der Waals surface area contributed by atoms with Crippen LogP contribution in [-0.4, -0.2) is 25.5 Å². The Kier molecular flexibility index (Phi) is 5.38. The van der Waals surface area contributed by atoms with Crippen molar-refractivity contribution in [3.8, 4) is 0 Å². The van der Waals surface area contributed by atoms with Crippen LogP contribution in [-0.2, 0) is 21.2 Å². The van der Waals surface area contributed by atoms with Gasteiger partial charge in [0.15, 0.2) is 0 Å². The van der Waals surface area contributed by atoms with Gasteiger partial charge in [0.25, 0.3) is 0 Å². The molecule has 0 radical (unpaired) electrons. The molecule has 0 aromatic heterocycles. The van der Waals surface area contributed by atoms with Gasteiger partial charge in [0, 0.05) is 0 Å². The third-order valence-electron chi connectivity index (χ3n) is 2.94. The highest BCUT2D eigenvalue weighted by Crippen LogP contribution is 2.23. The molecule has 0 bridgehead atoms. The number of anilines is 1. The molecule has 0 saturated carbocycles. The molecule has 6 heteroatoms. The summed E-state index contributed by atoms with van der Waals surface area (Å²) in [7, 11) is -3.55. The van der Waals surface area contributed by atoms with Crippen molar-refractivity contribution < 1.29 is 13.2 Å². The largest absolute Gasteiger partial charge is 0.279 e. The van der Waals surface area contributed by atoms with Crippen LogP contribution in [0.3, 0.4) is 0 Å². The summed E-state index contributed by atoms with van der Waals surface area (Å²) in [5.41, 5.74) is 1.56. The van der Waals surface area contributed by atoms with E-state index in [0.717, 1.165) is 16.3 Å². The third kappa shape index (κ3) is 3.70. The van der Waals surface area contributed by atoms with Gasteiger partial charge < -0.3 is 0 Å². The first kappa shape index (κ1) is 16.0.